The van der Waals surface area contributed by atoms with Crippen molar-refractivity contribution in [1.82, 2.24) is 4.57 Å². The highest BCUT2D eigenvalue weighted by atomic mass is 35.5. The molecule has 0 aliphatic carbocycles. The molecule has 0 radical (unpaired) electrons. The average molecular weight is 266 g/mol. The van der Waals surface area contributed by atoms with E-state index < -0.39 is 0 Å². The SMILES string of the molecule is Cc1c(O)c(=S)ccn1Cc1ccc(Cl)cc1. The first-order chi connectivity index (χ1) is 8.08. The molecule has 0 aliphatic heterocycles. The summed E-state index contributed by atoms with van der Waals surface area (Å²) in [5.41, 5.74) is 1.89. The Morgan fingerprint density at radius 3 is 2.53 bits per heavy atom. The van der Waals surface area contributed by atoms with Crippen LogP contribution < -0.4 is 0 Å². The summed E-state index contributed by atoms with van der Waals surface area (Å²) in [7, 11) is 0. The Hall–Kier alpha value is -1.32. The molecule has 88 valence electrons. The van der Waals surface area contributed by atoms with E-state index in [0.29, 0.717) is 11.1 Å². The zero-order valence-corrected chi connectivity index (χ0v) is 10.9. The largest absolute Gasteiger partial charge is 0.505 e. The van der Waals surface area contributed by atoms with Crippen molar-refractivity contribution in [3.63, 3.8) is 0 Å². The quantitative estimate of drug-likeness (QED) is 0.833. The van der Waals surface area contributed by atoms with Crippen LogP contribution in [0.5, 0.6) is 5.75 Å². The van der Waals surface area contributed by atoms with Crippen molar-refractivity contribution in [2.45, 2.75) is 13.5 Å². The molecule has 0 unspecified atom stereocenters. The minimum atomic E-state index is 0.177. The van der Waals surface area contributed by atoms with Crippen LogP contribution in [0.3, 0.4) is 0 Å². The lowest BCUT2D eigenvalue weighted by Crippen LogP contribution is -2.04. The van der Waals surface area contributed by atoms with Crippen LogP contribution >= 0.6 is 23.8 Å². The van der Waals surface area contributed by atoms with E-state index in [1.54, 1.807) is 6.07 Å². The third-order valence-corrected chi connectivity index (χ3v) is 3.26. The molecule has 2 aromatic rings. The van der Waals surface area contributed by atoms with Crippen molar-refractivity contribution in [1.29, 1.82) is 0 Å². The number of aromatic hydroxyl groups is 1. The molecular weight excluding hydrogens is 254 g/mol. The molecule has 2 nitrogen and oxygen atoms in total. The van der Waals surface area contributed by atoms with Gasteiger partial charge in [-0.3, -0.25) is 0 Å². The standard InChI is InChI=1S/C13H12ClNOS/c1-9-13(16)12(17)6-7-15(9)8-10-2-4-11(14)5-3-10/h2-7,16H,8H2,1H3. The van der Waals surface area contributed by atoms with Gasteiger partial charge in [0.15, 0.2) is 5.75 Å². The Labute approximate surface area is 110 Å². The summed E-state index contributed by atoms with van der Waals surface area (Å²) in [6, 6.07) is 9.37. The van der Waals surface area contributed by atoms with Crippen LogP contribution in [0, 0.1) is 11.4 Å². The molecule has 0 saturated heterocycles. The Bertz CT molecular complexity index is 589. The van der Waals surface area contributed by atoms with Crippen LogP contribution in [0.15, 0.2) is 36.5 Å². The maximum atomic E-state index is 9.76. The van der Waals surface area contributed by atoms with Crippen molar-refractivity contribution < 1.29 is 5.11 Å². The van der Waals surface area contributed by atoms with Gasteiger partial charge in [0, 0.05) is 17.8 Å². The highest BCUT2D eigenvalue weighted by Crippen LogP contribution is 2.19. The summed E-state index contributed by atoms with van der Waals surface area (Å²) in [6.07, 6.45) is 1.88. The first-order valence-electron chi connectivity index (χ1n) is 5.21. The van der Waals surface area contributed by atoms with Crippen molar-refractivity contribution in [3.05, 3.63) is 57.3 Å². The monoisotopic (exact) mass is 265 g/mol. The van der Waals surface area contributed by atoms with E-state index in [1.165, 1.54) is 0 Å². The molecule has 0 atom stereocenters. The minimum Gasteiger partial charge on any atom is -0.505 e. The molecule has 1 aromatic heterocycles. The molecule has 0 saturated carbocycles. The summed E-state index contributed by atoms with van der Waals surface area (Å²) < 4.78 is 2.43. The van der Waals surface area contributed by atoms with Crippen LogP contribution in [0.25, 0.3) is 0 Å². The fourth-order valence-corrected chi connectivity index (χ4v) is 1.96. The van der Waals surface area contributed by atoms with Gasteiger partial charge in [0.25, 0.3) is 0 Å². The highest BCUT2D eigenvalue weighted by Gasteiger charge is 2.03. The number of pyridine rings is 1. The van der Waals surface area contributed by atoms with Crippen LogP contribution in [-0.4, -0.2) is 9.67 Å². The molecule has 17 heavy (non-hydrogen) atoms. The first kappa shape index (κ1) is 12.1. The molecule has 0 fully saturated rings. The third kappa shape index (κ3) is 2.68. The van der Waals surface area contributed by atoms with E-state index in [1.807, 2.05) is 42.0 Å². The number of rotatable bonds is 2. The fourth-order valence-electron chi connectivity index (χ4n) is 1.62. The lowest BCUT2D eigenvalue weighted by atomic mass is 10.2. The summed E-state index contributed by atoms with van der Waals surface area (Å²) in [6.45, 7) is 2.53. The Balaban J connectivity index is 2.34. The van der Waals surface area contributed by atoms with Crippen molar-refractivity contribution in [2.24, 2.45) is 0 Å². The van der Waals surface area contributed by atoms with Gasteiger partial charge in [-0.25, -0.2) is 0 Å². The zero-order chi connectivity index (χ0) is 12.4. The third-order valence-electron chi connectivity index (χ3n) is 2.68. The van der Waals surface area contributed by atoms with Gasteiger partial charge in [-0.05, 0) is 30.7 Å². The second kappa shape index (κ2) is 4.90. The average Bonchev–Trinajstić information content (AvgIpc) is 2.33. The molecule has 1 N–H and O–H groups in total. The molecule has 0 bridgehead atoms. The molecular formula is C13H12ClNOS. The number of aromatic nitrogens is 1. The molecule has 1 heterocycles. The van der Waals surface area contributed by atoms with Gasteiger partial charge < -0.3 is 9.67 Å². The van der Waals surface area contributed by atoms with Gasteiger partial charge in [0.1, 0.15) is 0 Å². The molecule has 4 heteroatoms. The van der Waals surface area contributed by atoms with E-state index in [9.17, 15) is 5.11 Å². The number of benzene rings is 1. The second-order valence-electron chi connectivity index (χ2n) is 3.87. The van der Waals surface area contributed by atoms with E-state index >= 15 is 0 Å². The summed E-state index contributed by atoms with van der Waals surface area (Å²) >= 11 is 10.8. The number of halogens is 1. The molecule has 2 rings (SSSR count). The van der Waals surface area contributed by atoms with E-state index in [4.69, 9.17) is 23.8 Å². The van der Waals surface area contributed by atoms with Gasteiger partial charge in [0.05, 0.1) is 10.2 Å². The number of hydrogen-bond acceptors (Lipinski definition) is 2. The molecule has 1 aromatic carbocycles. The van der Waals surface area contributed by atoms with Gasteiger partial charge in [-0.2, -0.15) is 0 Å². The molecule has 0 aliphatic rings. The molecule has 0 spiro atoms. The first-order valence-corrected chi connectivity index (χ1v) is 6.00. The predicted molar refractivity (Wildman–Crippen MR) is 72.2 cm³/mol. The Morgan fingerprint density at radius 1 is 1.24 bits per heavy atom. The minimum absolute atomic E-state index is 0.177. The predicted octanol–water partition coefficient (Wildman–Crippen LogP) is 3.93. The zero-order valence-electron chi connectivity index (χ0n) is 9.35. The normalized spacial score (nSPS) is 10.5. The Morgan fingerprint density at radius 2 is 1.88 bits per heavy atom. The summed E-state index contributed by atoms with van der Waals surface area (Å²) in [5, 5.41) is 10.5. The fraction of sp³-hybridized carbons (Fsp3) is 0.154. The van der Waals surface area contributed by atoms with Crippen LogP contribution in [-0.2, 0) is 6.54 Å². The maximum absolute atomic E-state index is 9.76. The van der Waals surface area contributed by atoms with Crippen LogP contribution in [0.2, 0.25) is 5.02 Å². The lowest BCUT2D eigenvalue weighted by Gasteiger charge is -2.12. The van der Waals surface area contributed by atoms with Gasteiger partial charge in [-0.1, -0.05) is 36.0 Å². The van der Waals surface area contributed by atoms with Gasteiger partial charge in [-0.15, -0.1) is 0 Å². The van der Waals surface area contributed by atoms with Gasteiger partial charge in [0.2, 0.25) is 0 Å². The maximum Gasteiger partial charge on any atom is 0.152 e. The number of nitrogens with zero attached hydrogens (tertiary/aromatic N) is 1. The van der Waals surface area contributed by atoms with Crippen LogP contribution in [0.4, 0.5) is 0 Å². The second-order valence-corrected chi connectivity index (χ2v) is 4.74. The Kier molecular flexibility index (Phi) is 3.50. The lowest BCUT2D eigenvalue weighted by molar-refractivity contribution is 0.458. The summed E-state index contributed by atoms with van der Waals surface area (Å²) in [5.74, 6) is 0.177. The topological polar surface area (TPSA) is 25.2 Å². The smallest absolute Gasteiger partial charge is 0.152 e. The van der Waals surface area contributed by atoms with E-state index in [-0.39, 0.29) is 5.75 Å². The van der Waals surface area contributed by atoms with Crippen LogP contribution in [0.1, 0.15) is 11.3 Å². The van der Waals surface area contributed by atoms with E-state index in [0.717, 1.165) is 16.3 Å². The highest BCUT2D eigenvalue weighted by molar-refractivity contribution is 7.71. The van der Waals surface area contributed by atoms with Crippen molar-refractivity contribution >= 4 is 23.8 Å². The van der Waals surface area contributed by atoms with Crippen molar-refractivity contribution in [3.8, 4) is 5.75 Å². The number of hydrogen-bond donors (Lipinski definition) is 1. The van der Waals surface area contributed by atoms with E-state index in [2.05, 4.69) is 0 Å². The van der Waals surface area contributed by atoms with Gasteiger partial charge >= 0.3 is 0 Å². The molecule has 0 amide bonds. The summed E-state index contributed by atoms with van der Waals surface area (Å²) in [4.78, 5) is 0. The van der Waals surface area contributed by atoms with Crippen molar-refractivity contribution in [2.75, 3.05) is 0 Å².